The minimum atomic E-state index is -3.54. The number of anilines is 1. The second-order valence-electron chi connectivity index (χ2n) is 7.81. The number of piperidine rings is 1. The Morgan fingerprint density at radius 1 is 1.00 bits per heavy atom. The van der Waals surface area contributed by atoms with Gasteiger partial charge in [-0.3, -0.25) is 4.79 Å². The zero-order chi connectivity index (χ0) is 20.6. The van der Waals surface area contributed by atoms with E-state index in [1.54, 1.807) is 34.6 Å². The first-order chi connectivity index (χ1) is 13.8. The summed E-state index contributed by atoms with van der Waals surface area (Å²) in [6.07, 6.45) is 1.04. The first-order valence-corrected chi connectivity index (χ1v) is 11.1. The van der Waals surface area contributed by atoms with Crippen molar-refractivity contribution in [1.82, 2.24) is 4.31 Å². The minimum absolute atomic E-state index is 0.144. The molecule has 0 unspecified atom stereocenters. The van der Waals surface area contributed by atoms with Gasteiger partial charge in [0.25, 0.3) is 5.91 Å². The predicted octanol–water partition coefficient (Wildman–Crippen LogP) is 3.33. The van der Waals surface area contributed by atoms with Crippen LogP contribution < -0.4 is 14.8 Å². The van der Waals surface area contributed by atoms with Gasteiger partial charge < -0.3 is 14.8 Å². The third kappa shape index (κ3) is 4.09. The van der Waals surface area contributed by atoms with Crippen LogP contribution in [0, 0.1) is 11.8 Å². The minimum Gasteiger partial charge on any atom is -0.454 e. The van der Waals surface area contributed by atoms with Gasteiger partial charge in [-0.2, -0.15) is 4.31 Å². The molecule has 2 aliphatic rings. The summed E-state index contributed by atoms with van der Waals surface area (Å²) in [5.41, 5.74) is 0.953. The highest BCUT2D eigenvalue weighted by Gasteiger charge is 2.31. The van der Waals surface area contributed by atoms with E-state index in [9.17, 15) is 13.2 Å². The molecule has 154 valence electrons. The summed E-state index contributed by atoms with van der Waals surface area (Å²) < 4.78 is 38.0. The van der Waals surface area contributed by atoms with Gasteiger partial charge in [-0.1, -0.05) is 13.8 Å². The van der Waals surface area contributed by atoms with Crippen molar-refractivity contribution in [3.63, 3.8) is 0 Å². The molecule has 29 heavy (non-hydrogen) atoms. The number of sulfonamides is 1. The number of carbonyl (C=O) groups is 1. The molecule has 1 amide bonds. The molecule has 2 aliphatic heterocycles. The topological polar surface area (TPSA) is 84.9 Å². The molecule has 2 aromatic carbocycles. The summed E-state index contributed by atoms with van der Waals surface area (Å²) in [5, 5.41) is 2.78. The zero-order valence-electron chi connectivity index (χ0n) is 16.4. The van der Waals surface area contributed by atoms with Gasteiger partial charge in [0.15, 0.2) is 11.5 Å². The average Bonchev–Trinajstić information content (AvgIpc) is 3.15. The number of benzene rings is 2. The molecule has 1 fully saturated rings. The highest BCUT2D eigenvalue weighted by atomic mass is 32.2. The van der Waals surface area contributed by atoms with Gasteiger partial charge in [-0.15, -0.1) is 0 Å². The maximum Gasteiger partial charge on any atom is 0.255 e. The molecule has 4 rings (SSSR count). The number of hydrogen-bond acceptors (Lipinski definition) is 5. The third-order valence-corrected chi connectivity index (χ3v) is 7.07. The fourth-order valence-electron chi connectivity index (χ4n) is 3.90. The molecule has 2 aromatic rings. The normalized spacial score (nSPS) is 21.7. The number of nitrogens with zero attached hydrogens (tertiary/aromatic N) is 1. The number of carbonyl (C=O) groups excluding carboxylic acids is 1. The van der Waals surface area contributed by atoms with E-state index in [2.05, 4.69) is 19.2 Å². The third-order valence-electron chi connectivity index (χ3n) is 5.22. The summed E-state index contributed by atoms with van der Waals surface area (Å²) in [6.45, 7) is 5.37. The molecular formula is C21H24N2O5S. The van der Waals surface area contributed by atoms with Crippen LogP contribution in [-0.4, -0.2) is 38.5 Å². The van der Waals surface area contributed by atoms with Crippen LogP contribution in [0.5, 0.6) is 11.5 Å². The zero-order valence-corrected chi connectivity index (χ0v) is 17.2. The molecule has 0 saturated carbocycles. The lowest BCUT2D eigenvalue weighted by molar-refractivity contribution is 0.102. The van der Waals surface area contributed by atoms with E-state index in [4.69, 9.17) is 9.47 Å². The Bertz CT molecular complexity index is 1010. The van der Waals surface area contributed by atoms with Crippen LogP contribution in [0.3, 0.4) is 0 Å². The van der Waals surface area contributed by atoms with Gasteiger partial charge in [0.05, 0.1) is 4.90 Å². The van der Waals surface area contributed by atoms with Gasteiger partial charge in [-0.05, 0) is 60.7 Å². The SMILES string of the molecule is C[C@@H]1C[C@H](C)CN(S(=O)(=O)c2ccc(NC(=O)c3ccc4c(c3)OCO4)cc2)C1. The molecule has 0 aromatic heterocycles. The van der Waals surface area contributed by atoms with E-state index in [1.807, 2.05) is 0 Å². The summed E-state index contributed by atoms with van der Waals surface area (Å²) in [7, 11) is -3.54. The largest absolute Gasteiger partial charge is 0.454 e. The van der Waals surface area contributed by atoms with Crippen molar-refractivity contribution in [1.29, 1.82) is 0 Å². The molecule has 2 atom stereocenters. The van der Waals surface area contributed by atoms with E-state index >= 15 is 0 Å². The van der Waals surface area contributed by atoms with Gasteiger partial charge >= 0.3 is 0 Å². The molecule has 8 heteroatoms. The quantitative estimate of drug-likeness (QED) is 0.826. The average molecular weight is 416 g/mol. The van der Waals surface area contributed by atoms with E-state index < -0.39 is 10.0 Å². The van der Waals surface area contributed by atoms with Crippen molar-refractivity contribution >= 4 is 21.6 Å². The van der Waals surface area contributed by atoms with Gasteiger partial charge in [-0.25, -0.2) is 8.42 Å². The van der Waals surface area contributed by atoms with Crippen LogP contribution in [0.1, 0.15) is 30.6 Å². The molecule has 2 heterocycles. The number of rotatable bonds is 4. The van der Waals surface area contributed by atoms with E-state index in [0.717, 1.165) is 6.42 Å². The molecule has 1 saturated heterocycles. The molecule has 0 aliphatic carbocycles. The van der Waals surface area contributed by atoms with Crippen molar-refractivity contribution in [2.45, 2.75) is 25.2 Å². The van der Waals surface area contributed by atoms with Crippen molar-refractivity contribution in [3.8, 4) is 11.5 Å². The fourth-order valence-corrected chi connectivity index (χ4v) is 5.58. The lowest BCUT2D eigenvalue weighted by atomic mass is 9.94. The molecule has 0 radical (unpaired) electrons. The number of hydrogen-bond donors (Lipinski definition) is 1. The second kappa shape index (κ2) is 7.68. The number of nitrogens with one attached hydrogen (secondary N) is 1. The molecule has 7 nitrogen and oxygen atoms in total. The van der Waals surface area contributed by atoms with Crippen LogP contribution in [0.4, 0.5) is 5.69 Å². The Hall–Kier alpha value is -2.58. The molecule has 0 spiro atoms. The van der Waals surface area contributed by atoms with Crippen LogP contribution in [-0.2, 0) is 10.0 Å². The predicted molar refractivity (Wildman–Crippen MR) is 109 cm³/mol. The van der Waals surface area contributed by atoms with E-state index in [1.165, 1.54) is 12.1 Å². The maximum atomic E-state index is 13.0. The first-order valence-electron chi connectivity index (χ1n) is 9.64. The lowest BCUT2D eigenvalue weighted by Crippen LogP contribution is -2.42. The Balaban J connectivity index is 1.47. The smallest absolute Gasteiger partial charge is 0.255 e. The fraction of sp³-hybridized carbons (Fsp3) is 0.381. The van der Waals surface area contributed by atoms with E-state index in [0.29, 0.717) is 47.7 Å². The first kappa shape index (κ1) is 19.7. The number of fused-ring (bicyclic) bond motifs is 1. The molecule has 1 N–H and O–H groups in total. The van der Waals surface area contributed by atoms with Gasteiger partial charge in [0, 0.05) is 24.3 Å². The number of ether oxygens (including phenoxy) is 2. The van der Waals surface area contributed by atoms with Crippen molar-refractivity contribution in [2.24, 2.45) is 11.8 Å². The maximum absolute atomic E-state index is 13.0. The van der Waals surface area contributed by atoms with Gasteiger partial charge in [0.1, 0.15) is 0 Å². The van der Waals surface area contributed by atoms with E-state index in [-0.39, 0.29) is 17.6 Å². The van der Waals surface area contributed by atoms with Crippen molar-refractivity contribution in [2.75, 3.05) is 25.2 Å². The van der Waals surface area contributed by atoms with Crippen LogP contribution in [0.15, 0.2) is 47.4 Å². The standard InChI is InChI=1S/C21H24N2O5S/c1-14-9-15(2)12-23(11-14)29(25,26)18-6-4-17(5-7-18)22-21(24)16-3-8-19-20(10-16)28-13-27-19/h3-8,10,14-15H,9,11-13H2,1-2H3,(H,22,24)/t14-,15+. The number of amides is 1. The van der Waals surface area contributed by atoms with Crippen LogP contribution in [0.2, 0.25) is 0 Å². The van der Waals surface area contributed by atoms with Crippen molar-refractivity contribution in [3.05, 3.63) is 48.0 Å². The molecule has 0 bridgehead atoms. The lowest BCUT2D eigenvalue weighted by Gasteiger charge is -2.34. The molecular weight excluding hydrogens is 392 g/mol. The van der Waals surface area contributed by atoms with Crippen LogP contribution in [0.25, 0.3) is 0 Å². The summed E-state index contributed by atoms with van der Waals surface area (Å²) in [5.74, 6) is 1.52. The Morgan fingerprint density at radius 2 is 1.66 bits per heavy atom. The Kier molecular flexibility index (Phi) is 5.23. The summed E-state index contributed by atoms with van der Waals surface area (Å²) >= 11 is 0. The summed E-state index contributed by atoms with van der Waals surface area (Å²) in [4.78, 5) is 12.7. The second-order valence-corrected chi connectivity index (χ2v) is 9.75. The van der Waals surface area contributed by atoms with Gasteiger partial charge in [0.2, 0.25) is 16.8 Å². The highest BCUT2D eigenvalue weighted by molar-refractivity contribution is 7.89. The monoisotopic (exact) mass is 416 g/mol. The highest BCUT2D eigenvalue weighted by Crippen LogP contribution is 2.33. The van der Waals surface area contributed by atoms with Crippen molar-refractivity contribution < 1.29 is 22.7 Å². The Labute approximate surface area is 170 Å². The summed E-state index contributed by atoms with van der Waals surface area (Å²) in [6, 6.07) is 11.2. The van der Waals surface area contributed by atoms with Crippen LogP contribution >= 0.6 is 0 Å². The Morgan fingerprint density at radius 3 is 2.34 bits per heavy atom.